The van der Waals surface area contributed by atoms with Crippen molar-refractivity contribution in [3.05, 3.63) is 89.2 Å². The lowest BCUT2D eigenvalue weighted by atomic mass is 10.1. The fraction of sp³-hybridized carbons (Fsp3) is 0.231. The van der Waals surface area contributed by atoms with Gasteiger partial charge in [0.1, 0.15) is 11.6 Å². The molecule has 0 bridgehead atoms. The molecule has 34 heavy (non-hydrogen) atoms. The number of aromatic carboxylic acids is 1. The van der Waals surface area contributed by atoms with Crippen LogP contribution in [-0.4, -0.2) is 55.2 Å². The average molecular weight is 464 g/mol. The van der Waals surface area contributed by atoms with Gasteiger partial charge in [-0.05, 0) is 60.2 Å². The van der Waals surface area contributed by atoms with Crippen LogP contribution in [0.3, 0.4) is 0 Å². The van der Waals surface area contributed by atoms with Crippen molar-refractivity contribution in [2.45, 2.75) is 6.54 Å². The molecule has 1 saturated heterocycles. The minimum atomic E-state index is -1.06. The molecule has 0 aliphatic carbocycles. The van der Waals surface area contributed by atoms with Gasteiger partial charge in [0.05, 0.1) is 24.0 Å². The minimum Gasteiger partial charge on any atom is -0.497 e. The van der Waals surface area contributed by atoms with E-state index in [4.69, 9.17) is 4.74 Å². The molecule has 7 nitrogen and oxygen atoms in total. The van der Waals surface area contributed by atoms with E-state index in [2.05, 4.69) is 15.1 Å². The van der Waals surface area contributed by atoms with Crippen LogP contribution in [0.2, 0.25) is 0 Å². The minimum absolute atomic E-state index is 0.0959. The number of ether oxygens (including phenoxy) is 1. The molecule has 1 heterocycles. The number of carbonyl (C=O) groups is 2. The highest BCUT2D eigenvalue weighted by atomic mass is 19.1. The highest BCUT2D eigenvalue weighted by Crippen LogP contribution is 2.29. The van der Waals surface area contributed by atoms with Crippen molar-refractivity contribution < 1.29 is 23.8 Å². The van der Waals surface area contributed by atoms with E-state index < -0.39 is 5.97 Å². The smallest absolute Gasteiger partial charge is 0.335 e. The number of nitrogens with one attached hydrogen (secondary N) is 1. The summed E-state index contributed by atoms with van der Waals surface area (Å²) in [5.41, 5.74) is 2.66. The summed E-state index contributed by atoms with van der Waals surface area (Å²) in [7, 11) is 1.55. The summed E-state index contributed by atoms with van der Waals surface area (Å²) in [4.78, 5) is 28.8. The van der Waals surface area contributed by atoms with Gasteiger partial charge in [-0.2, -0.15) is 0 Å². The number of carboxylic acid groups (broad SMARTS) is 1. The zero-order valence-corrected chi connectivity index (χ0v) is 18.8. The van der Waals surface area contributed by atoms with Gasteiger partial charge in [-0.25, -0.2) is 9.18 Å². The van der Waals surface area contributed by atoms with Crippen molar-refractivity contribution in [3.8, 4) is 5.75 Å². The highest BCUT2D eigenvalue weighted by Gasteiger charge is 2.21. The number of methoxy groups -OCH3 is 1. The quantitative estimate of drug-likeness (QED) is 0.549. The van der Waals surface area contributed by atoms with Crippen molar-refractivity contribution in [2.75, 3.05) is 43.5 Å². The third-order valence-corrected chi connectivity index (χ3v) is 5.85. The van der Waals surface area contributed by atoms with E-state index in [1.54, 1.807) is 55.6 Å². The van der Waals surface area contributed by atoms with Crippen molar-refractivity contribution >= 4 is 23.3 Å². The number of benzene rings is 3. The fourth-order valence-corrected chi connectivity index (χ4v) is 4.02. The second-order valence-corrected chi connectivity index (χ2v) is 8.11. The Labute approximate surface area is 197 Å². The molecule has 0 saturated carbocycles. The van der Waals surface area contributed by atoms with Gasteiger partial charge in [0.25, 0.3) is 5.91 Å². The Morgan fingerprint density at radius 2 is 1.68 bits per heavy atom. The molecule has 8 heteroatoms. The molecule has 0 radical (unpaired) electrons. The fourth-order valence-electron chi connectivity index (χ4n) is 4.02. The summed E-state index contributed by atoms with van der Waals surface area (Å²) in [6.45, 7) is 3.54. The van der Waals surface area contributed by atoms with Gasteiger partial charge in [-0.3, -0.25) is 9.69 Å². The summed E-state index contributed by atoms with van der Waals surface area (Å²) in [5, 5.41) is 12.3. The first-order valence-electron chi connectivity index (χ1n) is 11.0. The van der Waals surface area contributed by atoms with Gasteiger partial charge in [0.2, 0.25) is 0 Å². The van der Waals surface area contributed by atoms with Crippen LogP contribution < -0.4 is 15.0 Å². The van der Waals surface area contributed by atoms with Crippen LogP contribution in [0, 0.1) is 5.82 Å². The molecule has 0 unspecified atom stereocenters. The van der Waals surface area contributed by atoms with E-state index in [1.807, 2.05) is 6.07 Å². The van der Waals surface area contributed by atoms with E-state index in [0.717, 1.165) is 24.3 Å². The zero-order chi connectivity index (χ0) is 24.1. The standard InChI is InChI=1S/C26H26FN3O4/c1-34-22-8-5-19(6-9-22)25(31)28-23-16-20(26(32)33)7-10-24(23)30-13-11-29(12-14-30)17-18-3-2-4-21(27)15-18/h2-10,15-16H,11-14,17H2,1H3,(H,28,31)(H,32,33). The number of nitrogens with zero attached hydrogens (tertiary/aromatic N) is 2. The maximum absolute atomic E-state index is 13.5. The third-order valence-electron chi connectivity index (χ3n) is 5.85. The van der Waals surface area contributed by atoms with Gasteiger partial charge in [-0.15, -0.1) is 0 Å². The molecule has 1 amide bonds. The zero-order valence-electron chi connectivity index (χ0n) is 18.8. The van der Waals surface area contributed by atoms with E-state index in [0.29, 0.717) is 36.6 Å². The third kappa shape index (κ3) is 5.52. The number of carboxylic acids is 1. The van der Waals surface area contributed by atoms with Crippen LogP contribution in [0.25, 0.3) is 0 Å². The summed E-state index contributed by atoms with van der Waals surface area (Å²) < 4.78 is 18.6. The summed E-state index contributed by atoms with van der Waals surface area (Å²) in [6.07, 6.45) is 0. The lowest BCUT2D eigenvalue weighted by Gasteiger charge is -2.37. The van der Waals surface area contributed by atoms with Crippen LogP contribution in [-0.2, 0) is 6.54 Å². The summed E-state index contributed by atoms with van der Waals surface area (Å²) in [6, 6.07) is 18.1. The Morgan fingerprint density at radius 1 is 0.971 bits per heavy atom. The average Bonchev–Trinajstić information content (AvgIpc) is 2.84. The van der Waals surface area contributed by atoms with Gasteiger partial charge >= 0.3 is 5.97 Å². The molecule has 3 aromatic carbocycles. The van der Waals surface area contributed by atoms with E-state index in [1.165, 1.54) is 12.1 Å². The summed E-state index contributed by atoms with van der Waals surface area (Å²) >= 11 is 0. The SMILES string of the molecule is COc1ccc(C(=O)Nc2cc(C(=O)O)ccc2N2CCN(Cc3cccc(F)c3)CC2)cc1. The number of rotatable bonds is 7. The second-order valence-electron chi connectivity index (χ2n) is 8.11. The van der Waals surface area contributed by atoms with E-state index in [9.17, 15) is 19.1 Å². The first kappa shape index (κ1) is 23.3. The number of hydrogen-bond donors (Lipinski definition) is 2. The van der Waals surface area contributed by atoms with Gasteiger partial charge in [0.15, 0.2) is 0 Å². The van der Waals surface area contributed by atoms with E-state index >= 15 is 0 Å². The number of hydrogen-bond acceptors (Lipinski definition) is 5. The molecule has 1 fully saturated rings. The molecule has 1 aliphatic rings. The number of halogens is 1. The topological polar surface area (TPSA) is 82.1 Å². The molecule has 0 atom stereocenters. The Kier molecular flexibility index (Phi) is 7.08. The van der Waals surface area contributed by atoms with Crippen molar-refractivity contribution in [1.29, 1.82) is 0 Å². The first-order valence-corrected chi connectivity index (χ1v) is 11.0. The molecule has 176 valence electrons. The lowest BCUT2D eigenvalue weighted by Crippen LogP contribution is -2.46. The molecule has 1 aliphatic heterocycles. The van der Waals surface area contributed by atoms with Crippen molar-refractivity contribution in [3.63, 3.8) is 0 Å². The molecule has 2 N–H and O–H groups in total. The normalized spacial score (nSPS) is 14.0. The van der Waals surface area contributed by atoms with Gasteiger partial charge in [-0.1, -0.05) is 12.1 Å². The lowest BCUT2D eigenvalue weighted by molar-refractivity contribution is 0.0696. The van der Waals surface area contributed by atoms with Gasteiger partial charge in [0, 0.05) is 38.3 Å². The van der Waals surface area contributed by atoms with Gasteiger partial charge < -0.3 is 20.1 Å². The Hall–Kier alpha value is -3.91. The highest BCUT2D eigenvalue weighted by molar-refractivity contribution is 6.06. The van der Waals surface area contributed by atoms with Crippen LogP contribution in [0.4, 0.5) is 15.8 Å². The number of amides is 1. The maximum Gasteiger partial charge on any atom is 0.335 e. The van der Waals surface area contributed by atoms with Crippen LogP contribution in [0.1, 0.15) is 26.3 Å². The Bertz CT molecular complexity index is 1170. The molecular weight excluding hydrogens is 437 g/mol. The largest absolute Gasteiger partial charge is 0.497 e. The predicted molar refractivity (Wildman–Crippen MR) is 128 cm³/mol. The Balaban J connectivity index is 1.49. The van der Waals surface area contributed by atoms with E-state index in [-0.39, 0.29) is 17.3 Å². The second kappa shape index (κ2) is 10.4. The molecule has 0 aromatic heterocycles. The summed E-state index contributed by atoms with van der Waals surface area (Å²) in [5.74, 6) is -1.00. The number of piperazine rings is 1. The monoisotopic (exact) mass is 463 g/mol. The predicted octanol–water partition coefficient (Wildman–Crippen LogP) is 4.11. The molecule has 4 rings (SSSR count). The van der Waals surface area contributed by atoms with Crippen LogP contribution in [0.5, 0.6) is 5.75 Å². The number of anilines is 2. The maximum atomic E-state index is 13.5. The Morgan fingerprint density at radius 3 is 2.32 bits per heavy atom. The molecule has 3 aromatic rings. The van der Waals surface area contributed by atoms with Crippen LogP contribution >= 0.6 is 0 Å². The first-order chi connectivity index (χ1) is 16.4. The van der Waals surface area contributed by atoms with Crippen molar-refractivity contribution in [1.82, 2.24) is 4.90 Å². The molecular formula is C26H26FN3O4. The number of carbonyl (C=O) groups excluding carboxylic acids is 1. The van der Waals surface area contributed by atoms with Crippen LogP contribution in [0.15, 0.2) is 66.7 Å². The van der Waals surface area contributed by atoms with Crippen molar-refractivity contribution in [2.24, 2.45) is 0 Å². The molecule has 0 spiro atoms.